The van der Waals surface area contributed by atoms with Crippen molar-refractivity contribution >= 4 is 11.8 Å². The molecule has 1 atom stereocenters. The minimum atomic E-state index is 0.415. The van der Waals surface area contributed by atoms with Gasteiger partial charge < -0.3 is 10.5 Å². The standard InChI is InChI=1S/C15H19NOS/c16-8-2-6-13-4-1-5-14(10-13)11-18-12-15-7-3-9-17-15/h1,4-5,10,15H,3,7-9,11-12,16H2. The Morgan fingerprint density at radius 2 is 2.39 bits per heavy atom. The molecule has 1 heterocycles. The zero-order valence-electron chi connectivity index (χ0n) is 10.5. The van der Waals surface area contributed by atoms with Crippen LogP contribution in [0.5, 0.6) is 0 Å². The van der Waals surface area contributed by atoms with Gasteiger partial charge in [0.1, 0.15) is 0 Å². The van der Waals surface area contributed by atoms with Crippen LogP contribution in [0.15, 0.2) is 24.3 Å². The molecule has 1 saturated heterocycles. The van der Waals surface area contributed by atoms with E-state index >= 15 is 0 Å². The Balaban J connectivity index is 1.81. The Morgan fingerprint density at radius 1 is 1.44 bits per heavy atom. The third-order valence-corrected chi connectivity index (χ3v) is 4.00. The second kappa shape index (κ2) is 7.48. The number of ether oxygens (including phenoxy) is 1. The molecule has 1 unspecified atom stereocenters. The van der Waals surface area contributed by atoms with E-state index < -0.39 is 0 Å². The molecule has 0 amide bonds. The molecular formula is C15H19NOS. The summed E-state index contributed by atoms with van der Waals surface area (Å²) in [7, 11) is 0. The normalized spacial score (nSPS) is 18.4. The lowest BCUT2D eigenvalue weighted by atomic mass is 10.1. The van der Waals surface area contributed by atoms with Gasteiger partial charge in [-0.2, -0.15) is 11.8 Å². The number of benzene rings is 1. The molecule has 0 radical (unpaired) electrons. The van der Waals surface area contributed by atoms with Crippen molar-refractivity contribution in [2.45, 2.75) is 24.7 Å². The first kappa shape index (κ1) is 13.5. The van der Waals surface area contributed by atoms with E-state index in [2.05, 4.69) is 30.0 Å². The largest absolute Gasteiger partial charge is 0.377 e. The smallest absolute Gasteiger partial charge is 0.0666 e. The fourth-order valence-corrected chi connectivity index (χ4v) is 3.03. The first-order valence-electron chi connectivity index (χ1n) is 6.35. The molecule has 2 N–H and O–H groups in total. The lowest BCUT2D eigenvalue weighted by Gasteiger charge is -2.08. The van der Waals surface area contributed by atoms with Gasteiger partial charge >= 0.3 is 0 Å². The van der Waals surface area contributed by atoms with Crippen LogP contribution in [-0.2, 0) is 10.5 Å². The van der Waals surface area contributed by atoms with Crippen molar-refractivity contribution in [1.82, 2.24) is 0 Å². The molecule has 1 fully saturated rings. The van der Waals surface area contributed by atoms with E-state index in [4.69, 9.17) is 10.5 Å². The number of hydrogen-bond donors (Lipinski definition) is 1. The molecule has 3 heteroatoms. The SMILES string of the molecule is NCC#Cc1cccc(CSCC2CCCO2)c1. The van der Waals surface area contributed by atoms with E-state index in [1.165, 1.54) is 18.4 Å². The summed E-state index contributed by atoms with van der Waals surface area (Å²) in [6, 6.07) is 8.38. The van der Waals surface area contributed by atoms with Crippen LogP contribution >= 0.6 is 11.8 Å². The Hall–Kier alpha value is -0.950. The zero-order valence-corrected chi connectivity index (χ0v) is 11.3. The van der Waals surface area contributed by atoms with Crippen LogP contribution < -0.4 is 5.73 Å². The number of nitrogens with two attached hydrogens (primary N) is 1. The second-order valence-electron chi connectivity index (χ2n) is 4.36. The van der Waals surface area contributed by atoms with Crippen molar-refractivity contribution in [3.63, 3.8) is 0 Å². The second-order valence-corrected chi connectivity index (χ2v) is 5.39. The number of rotatable bonds is 4. The minimum Gasteiger partial charge on any atom is -0.377 e. The van der Waals surface area contributed by atoms with Crippen LogP contribution in [0.3, 0.4) is 0 Å². The average molecular weight is 261 g/mol. The molecule has 1 aromatic rings. The highest BCUT2D eigenvalue weighted by atomic mass is 32.2. The molecule has 0 aromatic heterocycles. The van der Waals surface area contributed by atoms with Gasteiger partial charge in [-0.1, -0.05) is 24.0 Å². The van der Waals surface area contributed by atoms with Crippen molar-refractivity contribution in [2.75, 3.05) is 18.9 Å². The minimum absolute atomic E-state index is 0.415. The third-order valence-electron chi connectivity index (χ3n) is 2.86. The maximum atomic E-state index is 5.61. The molecule has 18 heavy (non-hydrogen) atoms. The van der Waals surface area contributed by atoms with E-state index in [9.17, 15) is 0 Å². The Labute approximate surface area is 113 Å². The topological polar surface area (TPSA) is 35.2 Å². The van der Waals surface area contributed by atoms with E-state index in [0.717, 1.165) is 23.7 Å². The van der Waals surface area contributed by atoms with E-state index in [1.54, 1.807) is 0 Å². The summed E-state index contributed by atoms with van der Waals surface area (Å²) < 4.78 is 5.61. The summed E-state index contributed by atoms with van der Waals surface area (Å²) in [5.41, 5.74) is 7.75. The van der Waals surface area contributed by atoms with E-state index in [0.29, 0.717) is 12.6 Å². The van der Waals surface area contributed by atoms with Gasteiger partial charge in [-0.25, -0.2) is 0 Å². The fourth-order valence-electron chi connectivity index (χ4n) is 1.98. The Morgan fingerprint density at radius 3 is 3.17 bits per heavy atom. The van der Waals surface area contributed by atoms with Crippen molar-refractivity contribution in [2.24, 2.45) is 5.73 Å². The monoisotopic (exact) mass is 261 g/mol. The molecular weight excluding hydrogens is 242 g/mol. The summed E-state index contributed by atoms with van der Waals surface area (Å²) in [4.78, 5) is 0. The van der Waals surface area contributed by atoms with Gasteiger partial charge in [-0.05, 0) is 30.5 Å². The quantitative estimate of drug-likeness (QED) is 0.845. The van der Waals surface area contributed by atoms with Crippen LogP contribution in [0.25, 0.3) is 0 Å². The van der Waals surface area contributed by atoms with Crippen molar-refractivity contribution in [1.29, 1.82) is 0 Å². The summed E-state index contributed by atoms with van der Waals surface area (Å²) in [6.07, 6.45) is 2.90. The number of hydrogen-bond acceptors (Lipinski definition) is 3. The fraction of sp³-hybridized carbons (Fsp3) is 0.467. The maximum absolute atomic E-state index is 5.61. The van der Waals surface area contributed by atoms with Gasteiger partial charge in [-0.15, -0.1) is 0 Å². The zero-order chi connectivity index (χ0) is 12.6. The van der Waals surface area contributed by atoms with Gasteiger partial charge in [0.2, 0.25) is 0 Å². The van der Waals surface area contributed by atoms with Crippen LogP contribution in [0.1, 0.15) is 24.0 Å². The average Bonchev–Trinajstić information content (AvgIpc) is 2.90. The van der Waals surface area contributed by atoms with E-state index in [-0.39, 0.29) is 0 Å². The predicted octanol–water partition coefficient (Wildman–Crippen LogP) is 2.41. The molecule has 0 bridgehead atoms. The van der Waals surface area contributed by atoms with Gasteiger partial charge in [0.05, 0.1) is 12.6 Å². The summed E-state index contributed by atoms with van der Waals surface area (Å²) >= 11 is 1.94. The highest BCUT2D eigenvalue weighted by Crippen LogP contribution is 2.20. The lowest BCUT2D eigenvalue weighted by molar-refractivity contribution is 0.129. The Bertz CT molecular complexity index is 430. The predicted molar refractivity (Wildman–Crippen MR) is 77.5 cm³/mol. The highest BCUT2D eigenvalue weighted by molar-refractivity contribution is 7.98. The van der Waals surface area contributed by atoms with Crippen LogP contribution in [0, 0.1) is 11.8 Å². The summed E-state index contributed by atoms with van der Waals surface area (Å²) in [5, 5.41) is 0. The molecule has 1 aliphatic rings. The van der Waals surface area contributed by atoms with Crippen LogP contribution in [0.2, 0.25) is 0 Å². The van der Waals surface area contributed by atoms with E-state index in [1.807, 2.05) is 17.8 Å². The maximum Gasteiger partial charge on any atom is 0.0666 e. The van der Waals surface area contributed by atoms with Crippen molar-refractivity contribution < 1.29 is 4.74 Å². The molecule has 0 spiro atoms. The molecule has 96 valence electrons. The molecule has 1 aromatic carbocycles. The van der Waals surface area contributed by atoms with Gasteiger partial charge in [-0.3, -0.25) is 0 Å². The van der Waals surface area contributed by atoms with Crippen molar-refractivity contribution in [3.05, 3.63) is 35.4 Å². The number of thioether (sulfide) groups is 1. The molecule has 2 rings (SSSR count). The molecule has 0 aliphatic carbocycles. The van der Waals surface area contributed by atoms with Gasteiger partial charge in [0.25, 0.3) is 0 Å². The molecule has 2 nitrogen and oxygen atoms in total. The van der Waals surface area contributed by atoms with Crippen LogP contribution in [0.4, 0.5) is 0 Å². The molecule has 1 aliphatic heterocycles. The van der Waals surface area contributed by atoms with Crippen LogP contribution in [-0.4, -0.2) is 25.0 Å². The third kappa shape index (κ3) is 4.38. The van der Waals surface area contributed by atoms with Gasteiger partial charge in [0.15, 0.2) is 0 Å². The first-order chi connectivity index (χ1) is 8.88. The summed E-state index contributed by atoms with van der Waals surface area (Å²) in [6.45, 7) is 1.35. The summed E-state index contributed by atoms with van der Waals surface area (Å²) in [5.74, 6) is 8.07. The lowest BCUT2D eigenvalue weighted by Crippen LogP contribution is -2.07. The molecule has 0 saturated carbocycles. The van der Waals surface area contributed by atoms with Gasteiger partial charge in [0, 0.05) is 23.7 Å². The first-order valence-corrected chi connectivity index (χ1v) is 7.51. The van der Waals surface area contributed by atoms with Crippen molar-refractivity contribution in [3.8, 4) is 11.8 Å². The highest BCUT2D eigenvalue weighted by Gasteiger charge is 2.14. The Kier molecular flexibility index (Phi) is 5.60.